The molecule has 0 aliphatic heterocycles. The van der Waals surface area contributed by atoms with Gasteiger partial charge in [-0.05, 0) is 54.4 Å². The van der Waals surface area contributed by atoms with Crippen LogP contribution in [0.25, 0.3) is 0 Å². The predicted octanol–water partition coefficient (Wildman–Crippen LogP) is 2.72. The number of imide groups is 1. The summed E-state index contributed by atoms with van der Waals surface area (Å²) in [5, 5.41) is 0. The molecule has 0 aliphatic rings. The molecule has 2 rings (SSSR count). The predicted molar refractivity (Wildman–Crippen MR) is 97.0 cm³/mol. The van der Waals surface area contributed by atoms with E-state index >= 15 is 0 Å². The molecule has 2 amide bonds. The van der Waals surface area contributed by atoms with Gasteiger partial charge in [0.2, 0.25) is 11.8 Å². The number of aryl methyl sites for hydroxylation is 1. The van der Waals surface area contributed by atoms with E-state index in [0.717, 1.165) is 16.0 Å². The second kappa shape index (κ2) is 7.70. The summed E-state index contributed by atoms with van der Waals surface area (Å²) < 4.78 is 10.5. The van der Waals surface area contributed by atoms with Gasteiger partial charge in [0, 0.05) is 12.6 Å². The number of amides is 2. The van der Waals surface area contributed by atoms with Gasteiger partial charge in [-0.15, -0.1) is 0 Å². The van der Waals surface area contributed by atoms with E-state index in [-0.39, 0.29) is 18.2 Å². The van der Waals surface area contributed by atoms with Gasteiger partial charge in [-0.25, -0.2) is 0 Å². The number of methoxy groups -OCH3 is 2. The van der Waals surface area contributed by atoms with E-state index in [1.807, 2.05) is 13.0 Å². The summed E-state index contributed by atoms with van der Waals surface area (Å²) in [6.45, 7) is 3.24. The number of carbonyl (C=O) groups excluding carboxylic acids is 2. The zero-order valence-electron chi connectivity index (χ0n) is 14.8. The molecule has 0 radical (unpaired) electrons. The molecule has 0 atom stereocenters. The van der Waals surface area contributed by atoms with Gasteiger partial charge < -0.3 is 15.2 Å². The largest absolute Gasteiger partial charge is 0.493 e. The number of carbonyl (C=O) groups is 2. The number of hydrogen-bond donors (Lipinski definition) is 1. The number of nitrogens with zero attached hydrogens (tertiary/aromatic N) is 1. The van der Waals surface area contributed by atoms with Crippen molar-refractivity contribution in [1.29, 1.82) is 0 Å². The van der Waals surface area contributed by atoms with E-state index < -0.39 is 0 Å². The van der Waals surface area contributed by atoms with Crippen molar-refractivity contribution >= 4 is 23.2 Å². The highest BCUT2D eigenvalue weighted by Crippen LogP contribution is 2.31. The fourth-order valence-electron chi connectivity index (χ4n) is 2.58. The highest BCUT2D eigenvalue weighted by Gasteiger charge is 2.22. The molecule has 2 aromatic rings. The molecule has 6 heteroatoms. The number of nitrogens with two attached hydrogens (primary N) is 1. The van der Waals surface area contributed by atoms with Gasteiger partial charge in [-0.2, -0.15) is 0 Å². The first-order valence-electron chi connectivity index (χ1n) is 7.78. The molecule has 0 heterocycles. The van der Waals surface area contributed by atoms with E-state index in [0.29, 0.717) is 22.9 Å². The van der Waals surface area contributed by atoms with Crippen LogP contribution in [0.3, 0.4) is 0 Å². The zero-order chi connectivity index (χ0) is 18.6. The summed E-state index contributed by atoms with van der Waals surface area (Å²) in [7, 11) is 3.09. The fraction of sp³-hybridized carbons (Fsp3) is 0.263. The molecule has 25 heavy (non-hydrogen) atoms. The summed E-state index contributed by atoms with van der Waals surface area (Å²) in [6.07, 6.45) is 0.0656. The van der Waals surface area contributed by atoms with E-state index in [1.54, 1.807) is 37.4 Å². The average molecular weight is 342 g/mol. The minimum absolute atomic E-state index is 0.0656. The van der Waals surface area contributed by atoms with Crippen molar-refractivity contribution in [3.63, 3.8) is 0 Å². The molecule has 2 aromatic carbocycles. The molecule has 0 saturated carbocycles. The molecule has 0 fully saturated rings. The fourth-order valence-corrected chi connectivity index (χ4v) is 2.58. The van der Waals surface area contributed by atoms with Crippen molar-refractivity contribution in [3.05, 3.63) is 47.5 Å². The zero-order valence-corrected chi connectivity index (χ0v) is 14.8. The number of anilines is 2. The van der Waals surface area contributed by atoms with Gasteiger partial charge >= 0.3 is 0 Å². The number of hydrogen-bond acceptors (Lipinski definition) is 5. The number of ether oxygens (including phenoxy) is 2. The lowest BCUT2D eigenvalue weighted by Gasteiger charge is -2.20. The summed E-state index contributed by atoms with van der Waals surface area (Å²) in [5.74, 6) is 0.455. The smallest absolute Gasteiger partial charge is 0.238 e. The first-order chi connectivity index (χ1) is 11.9. The lowest BCUT2D eigenvalue weighted by Crippen LogP contribution is -2.36. The van der Waals surface area contributed by atoms with E-state index in [2.05, 4.69) is 0 Å². The normalized spacial score (nSPS) is 10.2. The van der Waals surface area contributed by atoms with Crippen LogP contribution in [0.2, 0.25) is 0 Å². The van der Waals surface area contributed by atoms with E-state index in [9.17, 15) is 9.59 Å². The Kier molecular flexibility index (Phi) is 5.64. The Balaban J connectivity index is 2.33. The molecular weight excluding hydrogens is 320 g/mol. The van der Waals surface area contributed by atoms with Crippen molar-refractivity contribution < 1.29 is 19.1 Å². The summed E-state index contributed by atoms with van der Waals surface area (Å²) >= 11 is 0. The monoisotopic (exact) mass is 342 g/mol. The van der Waals surface area contributed by atoms with Gasteiger partial charge in [-0.3, -0.25) is 14.5 Å². The summed E-state index contributed by atoms with van der Waals surface area (Å²) in [4.78, 5) is 25.9. The summed E-state index contributed by atoms with van der Waals surface area (Å²) in [5.41, 5.74) is 8.37. The molecule has 0 aromatic heterocycles. The Morgan fingerprint density at radius 1 is 1.04 bits per heavy atom. The molecule has 0 bridgehead atoms. The molecule has 6 nitrogen and oxygen atoms in total. The quantitative estimate of drug-likeness (QED) is 0.845. The number of nitrogen functional groups attached to an aromatic ring is 1. The number of benzene rings is 2. The van der Waals surface area contributed by atoms with Crippen LogP contribution in [-0.2, 0) is 16.0 Å². The van der Waals surface area contributed by atoms with Gasteiger partial charge in [-0.1, -0.05) is 0 Å². The van der Waals surface area contributed by atoms with Crippen LogP contribution in [0.4, 0.5) is 11.4 Å². The Labute approximate surface area is 147 Å². The molecule has 0 unspecified atom stereocenters. The third-order valence-corrected chi connectivity index (χ3v) is 3.90. The van der Waals surface area contributed by atoms with Crippen LogP contribution in [-0.4, -0.2) is 26.0 Å². The minimum atomic E-state index is -0.354. The third kappa shape index (κ3) is 4.09. The van der Waals surface area contributed by atoms with Crippen LogP contribution in [0.15, 0.2) is 36.4 Å². The number of rotatable bonds is 5. The first-order valence-corrected chi connectivity index (χ1v) is 7.78. The highest BCUT2D eigenvalue weighted by molar-refractivity contribution is 6.14. The average Bonchev–Trinajstić information content (AvgIpc) is 2.57. The molecule has 0 spiro atoms. The van der Waals surface area contributed by atoms with Crippen LogP contribution in [0.5, 0.6) is 11.5 Å². The molecular formula is C19H22N2O4. The van der Waals surface area contributed by atoms with Gasteiger partial charge in [0.15, 0.2) is 11.5 Å². The Morgan fingerprint density at radius 3 is 2.12 bits per heavy atom. The molecule has 0 aliphatic carbocycles. The topological polar surface area (TPSA) is 81.9 Å². The lowest BCUT2D eigenvalue weighted by molar-refractivity contribution is -0.125. The maximum absolute atomic E-state index is 12.7. The van der Waals surface area contributed by atoms with Crippen LogP contribution >= 0.6 is 0 Å². The minimum Gasteiger partial charge on any atom is -0.493 e. The SMILES string of the molecule is COc1cc(C)c(CC(=O)N(C(C)=O)c2ccc(N)cc2)cc1OC. The van der Waals surface area contributed by atoms with Crippen LogP contribution in [0, 0.1) is 6.92 Å². The first kappa shape index (κ1) is 18.3. The van der Waals surface area contributed by atoms with Gasteiger partial charge in [0.05, 0.1) is 26.3 Å². The van der Waals surface area contributed by atoms with Crippen molar-refractivity contribution in [1.82, 2.24) is 0 Å². The maximum Gasteiger partial charge on any atom is 0.238 e. The highest BCUT2D eigenvalue weighted by atomic mass is 16.5. The van der Waals surface area contributed by atoms with Crippen LogP contribution in [0.1, 0.15) is 18.1 Å². The van der Waals surface area contributed by atoms with E-state index in [4.69, 9.17) is 15.2 Å². The van der Waals surface area contributed by atoms with Gasteiger partial charge in [0.1, 0.15) is 0 Å². The molecule has 2 N–H and O–H groups in total. The van der Waals surface area contributed by atoms with Crippen molar-refractivity contribution in [2.24, 2.45) is 0 Å². The van der Waals surface area contributed by atoms with Gasteiger partial charge in [0.25, 0.3) is 0 Å². The standard InChI is InChI=1S/C19H22N2O4/c1-12-9-17(24-3)18(25-4)10-14(12)11-19(23)21(13(2)22)16-7-5-15(20)6-8-16/h5-10H,11,20H2,1-4H3. The van der Waals surface area contributed by atoms with Crippen molar-refractivity contribution in [2.75, 3.05) is 24.9 Å². The Hall–Kier alpha value is -3.02. The van der Waals surface area contributed by atoms with Crippen molar-refractivity contribution in [2.45, 2.75) is 20.3 Å². The third-order valence-electron chi connectivity index (χ3n) is 3.90. The molecule has 132 valence electrons. The lowest BCUT2D eigenvalue weighted by atomic mass is 10.0. The van der Waals surface area contributed by atoms with Crippen molar-refractivity contribution in [3.8, 4) is 11.5 Å². The Bertz CT molecular complexity index is 785. The summed E-state index contributed by atoms with van der Waals surface area (Å²) in [6, 6.07) is 10.2. The second-order valence-corrected chi connectivity index (χ2v) is 5.65. The van der Waals surface area contributed by atoms with E-state index in [1.165, 1.54) is 14.0 Å². The Morgan fingerprint density at radius 2 is 1.60 bits per heavy atom. The second-order valence-electron chi connectivity index (χ2n) is 5.65. The molecule has 0 saturated heterocycles. The van der Waals surface area contributed by atoms with Crippen LogP contribution < -0.4 is 20.1 Å². The maximum atomic E-state index is 12.7.